The maximum Gasteiger partial charge on any atom is 0.248 e. The Morgan fingerprint density at radius 2 is 1.82 bits per heavy atom. The van der Waals surface area contributed by atoms with E-state index in [-0.39, 0.29) is 12.0 Å². The number of hydrogen-bond donors (Lipinski definition) is 3. The van der Waals surface area contributed by atoms with Gasteiger partial charge in [-0.2, -0.15) is 0 Å². The molecule has 2 aliphatic heterocycles. The van der Waals surface area contributed by atoms with Crippen LogP contribution >= 0.6 is 0 Å². The van der Waals surface area contributed by atoms with Gasteiger partial charge in [-0.3, -0.25) is 9.69 Å². The minimum atomic E-state index is -0.333. The molecule has 3 fully saturated rings. The minimum Gasteiger partial charge on any atom is -0.393 e. The van der Waals surface area contributed by atoms with Crippen molar-refractivity contribution in [3.05, 3.63) is 35.4 Å². The van der Waals surface area contributed by atoms with E-state index in [0.717, 1.165) is 51.2 Å². The minimum absolute atomic E-state index is 0.0585. The van der Waals surface area contributed by atoms with E-state index in [0.29, 0.717) is 23.6 Å². The number of hydrogen-bond acceptors (Lipinski definition) is 4. The third-order valence-electron chi connectivity index (χ3n) is 7.32. The van der Waals surface area contributed by atoms with Crippen LogP contribution in [0, 0.1) is 5.92 Å². The number of rotatable bonds is 7. The lowest BCUT2D eigenvalue weighted by atomic mass is 9.84. The number of piperidine rings is 1. The topological polar surface area (TPSA) is 78.6 Å². The number of aliphatic hydroxyl groups excluding tert-OH is 1. The van der Waals surface area contributed by atoms with Crippen LogP contribution in [-0.4, -0.2) is 53.7 Å². The van der Waals surface area contributed by atoms with Crippen molar-refractivity contribution in [3.63, 3.8) is 0 Å². The fraction of sp³-hybridized carbons (Fsp3) is 0.696. The summed E-state index contributed by atoms with van der Waals surface area (Å²) in [6.07, 6.45) is 9.20. The summed E-state index contributed by atoms with van der Waals surface area (Å²) in [7, 11) is 0. The molecule has 1 amide bonds. The molecule has 0 spiro atoms. The van der Waals surface area contributed by atoms with Crippen LogP contribution < -0.4 is 11.1 Å². The Balaban J connectivity index is 1.25. The number of carbonyl (C=O) groups is 1. The van der Waals surface area contributed by atoms with Crippen LogP contribution in [0.15, 0.2) is 24.3 Å². The molecule has 1 aromatic rings. The monoisotopic (exact) mass is 385 g/mol. The summed E-state index contributed by atoms with van der Waals surface area (Å²) in [6.45, 7) is 3.30. The van der Waals surface area contributed by atoms with Gasteiger partial charge in [-0.25, -0.2) is 0 Å². The zero-order valence-electron chi connectivity index (χ0n) is 16.9. The van der Waals surface area contributed by atoms with Crippen molar-refractivity contribution >= 4 is 5.91 Å². The van der Waals surface area contributed by atoms with Crippen LogP contribution in [0.1, 0.15) is 73.2 Å². The van der Waals surface area contributed by atoms with Crippen LogP contribution in [0.4, 0.5) is 0 Å². The Hall–Kier alpha value is -1.43. The zero-order chi connectivity index (χ0) is 19.5. The van der Waals surface area contributed by atoms with Gasteiger partial charge in [0.1, 0.15) is 0 Å². The van der Waals surface area contributed by atoms with Crippen LogP contribution in [0.3, 0.4) is 0 Å². The van der Waals surface area contributed by atoms with Crippen LogP contribution in [0.5, 0.6) is 0 Å². The molecule has 1 aromatic carbocycles. The molecule has 4 rings (SSSR count). The summed E-state index contributed by atoms with van der Waals surface area (Å²) in [6, 6.07) is 9.30. The Kier molecular flexibility index (Phi) is 6.34. The first-order valence-electron chi connectivity index (χ1n) is 11.1. The van der Waals surface area contributed by atoms with E-state index in [1.807, 2.05) is 18.2 Å². The fourth-order valence-electron chi connectivity index (χ4n) is 5.72. The van der Waals surface area contributed by atoms with Crippen molar-refractivity contribution in [3.8, 4) is 0 Å². The first kappa shape index (κ1) is 19.9. The fourth-order valence-corrected chi connectivity index (χ4v) is 5.72. The van der Waals surface area contributed by atoms with Crippen molar-refractivity contribution in [2.45, 2.75) is 75.5 Å². The summed E-state index contributed by atoms with van der Waals surface area (Å²) in [4.78, 5) is 14.2. The predicted octanol–water partition coefficient (Wildman–Crippen LogP) is 2.64. The Morgan fingerprint density at radius 1 is 1.11 bits per heavy atom. The molecule has 1 saturated carbocycles. The maximum absolute atomic E-state index is 11.5. The third kappa shape index (κ3) is 4.58. The summed E-state index contributed by atoms with van der Waals surface area (Å²) in [5, 5.41) is 13.3. The van der Waals surface area contributed by atoms with Gasteiger partial charge in [0.2, 0.25) is 5.91 Å². The highest BCUT2D eigenvalue weighted by Gasteiger charge is 2.40. The van der Waals surface area contributed by atoms with Gasteiger partial charge in [-0.1, -0.05) is 12.1 Å². The van der Waals surface area contributed by atoms with Crippen LogP contribution in [0.25, 0.3) is 0 Å². The van der Waals surface area contributed by atoms with Crippen molar-refractivity contribution in [2.24, 2.45) is 11.7 Å². The lowest BCUT2D eigenvalue weighted by molar-refractivity contribution is 0.0999. The first-order chi connectivity index (χ1) is 13.6. The molecule has 5 nitrogen and oxygen atoms in total. The molecular formula is C23H35N3O2. The van der Waals surface area contributed by atoms with E-state index in [4.69, 9.17) is 5.73 Å². The molecule has 4 N–H and O–H groups in total. The Bertz CT molecular complexity index is 658. The quantitative estimate of drug-likeness (QED) is 0.631. The van der Waals surface area contributed by atoms with E-state index in [1.165, 1.54) is 31.2 Å². The molecule has 3 aliphatic rings. The number of aliphatic hydroxyl groups is 1. The zero-order valence-corrected chi connectivity index (χ0v) is 16.9. The van der Waals surface area contributed by atoms with Gasteiger partial charge >= 0.3 is 0 Å². The molecule has 1 aliphatic carbocycles. The van der Waals surface area contributed by atoms with E-state index >= 15 is 0 Å². The Morgan fingerprint density at radius 3 is 2.50 bits per heavy atom. The molecule has 28 heavy (non-hydrogen) atoms. The van der Waals surface area contributed by atoms with Gasteiger partial charge in [-0.15, -0.1) is 0 Å². The molecular weight excluding hydrogens is 350 g/mol. The average molecular weight is 386 g/mol. The molecule has 2 unspecified atom stereocenters. The lowest BCUT2D eigenvalue weighted by Crippen LogP contribution is -2.45. The molecule has 0 radical (unpaired) electrons. The number of carbonyl (C=O) groups excluding carboxylic acids is 1. The molecule has 2 saturated heterocycles. The summed E-state index contributed by atoms with van der Waals surface area (Å²) >= 11 is 0. The largest absolute Gasteiger partial charge is 0.393 e. The summed E-state index contributed by atoms with van der Waals surface area (Å²) in [5.74, 6) is 0.957. The molecule has 2 bridgehead atoms. The van der Waals surface area contributed by atoms with Crippen molar-refractivity contribution in [1.29, 1.82) is 0 Å². The number of nitrogens with zero attached hydrogens (tertiary/aromatic N) is 1. The van der Waals surface area contributed by atoms with Gasteiger partial charge in [0, 0.05) is 30.7 Å². The van der Waals surface area contributed by atoms with Crippen molar-refractivity contribution in [1.82, 2.24) is 10.2 Å². The number of nitrogens with two attached hydrogens (primary N) is 1. The van der Waals surface area contributed by atoms with Gasteiger partial charge in [0.25, 0.3) is 0 Å². The SMILES string of the molecule is NC(=O)c1cccc(C2CC3CCC(C2)N3CCNC[C@H]2CC[C@H](O)CC2)c1. The van der Waals surface area contributed by atoms with Gasteiger partial charge < -0.3 is 16.2 Å². The second kappa shape index (κ2) is 8.93. The highest BCUT2D eigenvalue weighted by Crippen LogP contribution is 2.42. The molecule has 2 heterocycles. The molecule has 154 valence electrons. The normalized spacial score (nSPS) is 33.1. The van der Waals surface area contributed by atoms with E-state index < -0.39 is 0 Å². The highest BCUT2D eigenvalue weighted by atomic mass is 16.3. The van der Waals surface area contributed by atoms with E-state index in [1.54, 1.807) is 0 Å². The summed E-state index contributed by atoms with van der Waals surface area (Å²) < 4.78 is 0. The number of nitrogens with one attached hydrogen (secondary N) is 1. The number of benzene rings is 1. The molecule has 0 aromatic heterocycles. The van der Waals surface area contributed by atoms with E-state index in [9.17, 15) is 9.90 Å². The standard InChI is InChI=1S/C23H35N3O2/c24-23(28)18-3-1-2-17(12-18)19-13-20-6-7-21(14-19)26(20)11-10-25-15-16-4-8-22(27)9-5-16/h1-3,12,16,19-22,25,27H,4-11,13-15H2,(H2,24,28)/t16-,19?,20?,21?,22-. The number of fused-ring (bicyclic) bond motifs is 2. The number of primary amides is 1. The third-order valence-corrected chi connectivity index (χ3v) is 7.32. The van der Waals surface area contributed by atoms with Crippen molar-refractivity contribution < 1.29 is 9.90 Å². The first-order valence-corrected chi connectivity index (χ1v) is 11.1. The second-order valence-electron chi connectivity index (χ2n) is 9.16. The van der Waals surface area contributed by atoms with Gasteiger partial charge in [0.15, 0.2) is 0 Å². The molecule has 5 heteroatoms. The molecule has 2 atom stereocenters. The smallest absolute Gasteiger partial charge is 0.248 e. The average Bonchev–Trinajstić information content (AvgIpc) is 2.94. The Labute approximate surface area is 168 Å². The van der Waals surface area contributed by atoms with Crippen LogP contribution in [0.2, 0.25) is 0 Å². The summed E-state index contributed by atoms with van der Waals surface area (Å²) in [5.41, 5.74) is 7.38. The predicted molar refractivity (Wildman–Crippen MR) is 111 cm³/mol. The van der Waals surface area contributed by atoms with Crippen LogP contribution in [-0.2, 0) is 0 Å². The van der Waals surface area contributed by atoms with Crippen molar-refractivity contribution in [2.75, 3.05) is 19.6 Å². The number of amides is 1. The second-order valence-corrected chi connectivity index (χ2v) is 9.16. The van der Waals surface area contributed by atoms with Gasteiger partial charge in [-0.05, 0) is 87.4 Å². The highest BCUT2D eigenvalue weighted by molar-refractivity contribution is 5.92. The maximum atomic E-state index is 11.5. The van der Waals surface area contributed by atoms with Gasteiger partial charge in [0.05, 0.1) is 6.10 Å². The van der Waals surface area contributed by atoms with E-state index in [2.05, 4.69) is 16.3 Å². The lowest BCUT2D eigenvalue weighted by Gasteiger charge is -2.39.